The highest BCUT2D eigenvalue weighted by Gasteiger charge is 2.04. The molecule has 0 saturated heterocycles. The Balaban J connectivity index is 2.29. The number of aliphatic carboxylic acids is 1. The van der Waals surface area contributed by atoms with Crippen LogP contribution in [0.4, 0.5) is 0 Å². The van der Waals surface area contributed by atoms with Crippen molar-refractivity contribution >= 4 is 5.97 Å². The minimum Gasteiger partial charge on any atom is -0.481 e. The Morgan fingerprint density at radius 2 is 2.38 bits per heavy atom. The number of rotatable bonds is 8. The first-order valence-electron chi connectivity index (χ1n) is 5.41. The third-order valence-corrected chi connectivity index (χ3v) is 2.13. The van der Waals surface area contributed by atoms with Gasteiger partial charge < -0.3 is 10.4 Å². The molecule has 16 heavy (non-hydrogen) atoms. The van der Waals surface area contributed by atoms with Crippen molar-refractivity contribution in [3.63, 3.8) is 0 Å². The van der Waals surface area contributed by atoms with Gasteiger partial charge in [0.25, 0.3) is 0 Å². The fourth-order valence-electron chi connectivity index (χ4n) is 1.23. The molecule has 1 rings (SSSR count). The molecule has 0 bridgehead atoms. The number of nitrogens with zero attached hydrogens (tertiary/aromatic N) is 4. The van der Waals surface area contributed by atoms with Crippen LogP contribution in [0, 0.1) is 0 Å². The second-order valence-electron chi connectivity index (χ2n) is 3.49. The van der Waals surface area contributed by atoms with E-state index in [1.165, 1.54) is 0 Å². The molecule has 7 heteroatoms. The zero-order chi connectivity index (χ0) is 11.8. The molecule has 0 saturated carbocycles. The van der Waals surface area contributed by atoms with Crippen molar-refractivity contribution in [3.05, 3.63) is 5.82 Å². The fourth-order valence-corrected chi connectivity index (χ4v) is 1.23. The minimum atomic E-state index is -0.807. The van der Waals surface area contributed by atoms with Gasteiger partial charge in [-0.05, 0) is 16.8 Å². The predicted octanol–water partition coefficient (Wildman–Crippen LogP) is 0.0375. The summed E-state index contributed by atoms with van der Waals surface area (Å²) in [5, 5.41) is 22.8. The van der Waals surface area contributed by atoms with Crippen molar-refractivity contribution in [2.75, 3.05) is 6.54 Å². The normalized spacial score (nSPS) is 10.6. The van der Waals surface area contributed by atoms with Gasteiger partial charge in [0.05, 0.1) is 13.0 Å². The number of hydrogen-bond donors (Lipinski definition) is 2. The SMILES string of the molecule is CCCCn1nnnc1CNCCC(=O)O. The van der Waals surface area contributed by atoms with Gasteiger partial charge in [-0.3, -0.25) is 4.79 Å². The molecule has 90 valence electrons. The van der Waals surface area contributed by atoms with Gasteiger partial charge in [-0.25, -0.2) is 4.68 Å². The summed E-state index contributed by atoms with van der Waals surface area (Å²) in [6.45, 7) is 3.84. The molecule has 0 unspecified atom stereocenters. The van der Waals surface area contributed by atoms with Crippen molar-refractivity contribution in [2.45, 2.75) is 39.3 Å². The highest BCUT2D eigenvalue weighted by molar-refractivity contribution is 5.66. The molecule has 7 nitrogen and oxygen atoms in total. The van der Waals surface area contributed by atoms with Gasteiger partial charge in [0.1, 0.15) is 0 Å². The molecule has 0 aromatic carbocycles. The van der Waals surface area contributed by atoms with Crippen LogP contribution >= 0.6 is 0 Å². The number of aromatic nitrogens is 4. The summed E-state index contributed by atoms with van der Waals surface area (Å²) < 4.78 is 1.75. The van der Waals surface area contributed by atoms with Gasteiger partial charge in [0, 0.05) is 13.1 Å². The lowest BCUT2D eigenvalue weighted by Gasteiger charge is -2.04. The van der Waals surface area contributed by atoms with Crippen LogP contribution < -0.4 is 5.32 Å². The highest BCUT2D eigenvalue weighted by atomic mass is 16.4. The number of aryl methyl sites for hydroxylation is 1. The molecule has 0 aliphatic carbocycles. The number of tetrazole rings is 1. The van der Waals surface area contributed by atoms with E-state index in [-0.39, 0.29) is 6.42 Å². The van der Waals surface area contributed by atoms with Crippen LogP contribution in [-0.4, -0.2) is 37.8 Å². The van der Waals surface area contributed by atoms with Crippen LogP contribution in [0.5, 0.6) is 0 Å². The van der Waals surface area contributed by atoms with Gasteiger partial charge in [-0.15, -0.1) is 5.10 Å². The summed E-state index contributed by atoms with van der Waals surface area (Å²) in [6, 6.07) is 0. The van der Waals surface area contributed by atoms with E-state index in [0.717, 1.165) is 25.2 Å². The molecule has 0 aliphatic heterocycles. The average Bonchev–Trinajstić information content (AvgIpc) is 2.69. The largest absolute Gasteiger partial charge is 0.481 e. The number of carbonyl (C=O) groups is 1. The molecular weight excluding hydrogens is 210 g/mol. The molecule has 1 aromatic heterocycles. The number of nitrogens with one attached hydrogen (secondary N) is 1. The zero-order valence-electron chi connectivity index (χ0n) is 9.39. The molecule has 0 spiro atoms. The van der Waals surface area contributed by atoms with Crippen molar-refractivity contribution in [1.82, 2.24) is 25.5 Å². The first-order valence-corrected chi connectivity index (χ1v) is 5.41. The highest BCUT2D eigenvalue weighted by Crippen LogP contribution is 1.96. The molecule has 0 atom stereocenters. The minimum absolute atomic E-state index is 0.108. The second-order valence-corrected chi connectivity index (χ2v) is 3.49. The molecule has 1 aromatic rings. The number of unbranched alkanes of at least 4 members (excludes halogenated alkanes) is 1. The van der Waals surface area contributed by atoms with Gasteiger partial charge >= 0.3 is 5.97 Å². The maximum atomic E-state index is 10.3. The maximum absolute atomic E-state index is 10.3. The van der Waals surface area contributed by atoms with Crippen molar-refractivity contribution in [1.29, 1.82) is 0 Å². The predicted molar refractivity (Wildman–Crippen MR) is 56.7 cm³/mol. The number of hydrogen-bond acceptors (Lipinski definition) is 5. The Morgan fingerprint density at radius 1 is 1.56 bits per heavy atom. The smallest absolute Gasteiger partial charge is 0.304 e. The van der Waals surface area contributed by atoms with Gasteiger partial charge in [0.2, 0.25) is 0 Å². The van der Waals surface area contributed by atoms with E-state index in [2.05, 4.69) is 27.8 Å². The van der Waals surface area contributed by atoms with E-state index in [1.54, 1.807) is 4.68 Å². The van der Waals surface area contributed by atoms with Gasteiger partial charge in [0.15, 0.2) is 5.82 Å². The quantitative estimate of drug-likeness (QED) is 0.609. The van der Waals surface area contributed by atoms with Crippen LogP contribution in [0.1, 0.15) is 32.0 Å². The first kappa shape index (κ1) is 12.6. The molecule has 0 fully saturated rings. The Morgan fingerprint density at radius 3 is 3.06 bits per heavy atom. The summed E-state index contributed by atoms with van der Waals surface area (Å²) in [6.07, 6.45) is 2.23. The average molecular weight is 227 g/mol. The number of carboxylic acid groups (broad SMARTS) is 1. The monoisotopic (exact) mass is 227 g/mol. The third-order valence-electron chi connectivity index (χ3n) is 2.13. The van der Waals surface area contributed by atoms with Crippen molar-refractivity contribution in [3.8, 4) is 0 Å². The lowest BCUT2D eigenvalue weighted by atomic mass is 10.3. The maximum Gasteiger partial charge on any atom is 0.304 e. The molecule has 0 radical (unpaired) electrons. The van der Waals surface area contributed by atoms with E-state index < -0.39 is 5.97 Å². The van der Waals surface area contributed by atoms with Crippen LogP contribution in [0.2, 0.25) is 0 Å². The van der Waals surface area contributed by atoms with E-state index >= 15 is 0 Å². The first-order chi connectivity index (χ1) is 7.74. The second kappa shape index (κ2) is 6.89. The van der Waals surface area contributed by atoms with Gasteiger partial charge in [-0.2, -0.15) is 0 Å². The summed E-state index contributed by atoms with van der Waals surface area (Å²) in [5.41, 5.74) is 0. The standard InChI is InChI=1S/C9H17N5O2/c1-2-3-6-14-8(11-12-13-14)7-10-5-4-9(15)16/h10H,2-7H2,1H3,(H,15,16). The lowest BCUT2D eigenvalue weighted by Crippen LogP contribution is -2.20. The van der Waals surface area contributed by atoms with Crippen molar-refractivity contribution in [2.24, 2.45) is 0 Å². The lowest BCUT2D eigenvalue weighted by molar-refractivity contribution is -0.136. The summed E-state index contributed by atoms with van der Waals surface area (Å²) >= 11 is 0. The van der Waals surface area contributed by atoms with Crippen molar-refractivity contribution < 1.29 is 9.90 Å². The zero-order valence-corrected chi connectivity index (χ0v) is 9.39. The van der Waals surface area contributed by atoms with Gasteiger partial charge in [-0.1, -0.05) is 13.3 Å². The van der Waals surface area contributed by atoms with E-state index in [4.69, 9.17) is 5.11 Å². The Hall–Kier alpha value is -1.50. The summed E-state index contributed by atoms with van der Waals surface area (Å²) in [7, 11) is 0. The third kappa shape index (κ3) is 4.35. The number of carboxylic acids is 1. The Labute approximate surface area is 93.8 Å². The summed E-state index contributed by atoms with van der Waals surface area (Å²) in [4.78, 5) is 10.3. The van der Waals surface area contributed by atoms with E-state index in [0.29, 0.717) is 13.1 Å². The van der Waals surface area contributed by atoms with E-state index in [1.807, 2.05) is 0 Å². The molecule has 1 heterocycles. The fraction of sp³-hybridized carbons (Fsp3) is 0.778. The van der Waals surface area contributed by atoms with Crippen LogP contribution in [0.3, 0.4) is 0 Å². The molecule has 0 aliphatic rings. The van der Waals surface area contributed by atoms with Crippen LogP contribution in [0.15, 0.2) is 0 Å². The molecule has 2 N–H and O–H groups in total. The van der Waals surface area contributed by atoms with Crippen LogP contribution in [-0.2, 0) is 17.9 Å². The topological polar surface area (TPSA) is 92.9 Å². The van der Waals surface area contributed by atoms with E-state index in [9.17, 15) is 4.79 Å². The molecular formula is C9H17N5O2. The molecule has 0 amide bonds. The Bertz CT molecular complexity index is 325. The Kier molecular flexibility index (Phi) is 5.41. The van der Waals surface area contributed by atoms with Crippen LogP contribution in [0.25, 0.3) is 0 Å². The summed E-state index contributed by atoms with van der Waals surface area (Å²) in [5.74, 6) is -0.0584.